The monoisotopic (exact) mass is 368 g/mol. The van der Waals surface area contributed by atoms with E-state index in [1.165, 1.54) is 12.0 Å². The van der Waals surface area contributed by atoms with E-state index < -0.39 is 0 Å². The van der Waals surface area contributed by atoms with Gasteiger partial charge in [-0.15, -0.1) is 0 Å². The molecule has 1 N–H and O–H groups in total. The third-order valence-electron chi connectivity index (χ3n) is 3.43. The van der Waals surface area contributed by atoms with Crippen LogP contribution in [-0.4, -0.2) is 32.2 Å². The van der Waals surface area contributed by atoms with Crippen LogP contribution in [0.25, 0.3) is 0 Å². The first-order chi connectivity index (χ1) is 11.5. The first-order valence-electron chi connectivity index (χ1n) is 7.13. The van der Waals surface area contributed by atoms with Crippen LogP contribution in [0.5, 0.6) is 11.5 Å². The molecule has 2 aromatic carbocycles. The fraction of sp³-hybridized carbons (Fsp3) is 0.235. The molecule has 0 saturated carbocycles. The second-order valence-corrected chi connectivity index (χ2v) is 5.85. The number of carbonyl (C=O) groups is 1. The van der Waals surface area contributed by atoms with Gasteiger partial charge in [0.2, 0.25) is 0 Å². The van der Waals surface area contributed by atoms with E-state index >= 15 is 0 Å². The minimum atomic E-state index is -0.308. The van der Waals surface area contributed by atoms with Crippen LogP contribution >= 0.6 is 23.2 Å². The molecule has 0 heterocycles. The number of nitrogens with zero attached hydrogens (tertiary/aromatic N) is 1. The Hall–Kier alpha value is -2.11. The average molecular weight is 369 g/mol. The number of anilines is 1. The van der Waals surface area contributed by atoms with Crippen LogP contribution in [0.1, 0.15) is 5.56 Å². The molecule has 5 nitrogen and oxygen atoms in total. The van der Waals surface area contributed by atoms with Crippen molar-refractivity contribution in [3.05, 3.63) is 52.0 Å². The van der Waals surface area contributed by atoms with Crippen LogP contribution in [-0.2, 0) is 6.54 Å². The third kappa shape index (κ3) is 4.24. The first kappa shape index (κ1) is 18.2. The molecule has 0 bridgehead atoms. The van der Waals surface area contributed by atoms with Crippen molar-refractivity contribution < 1.29 is 14.3 Å². The van der Waals surface area contributed by atoms with E-state index in [1.54, 1.807) is 44.5 Å². The van der Waals surface area contributed by atoms with Crippen molar-refractivity contribution in [2.45, 2.75) is 6.54 Å². The standard InChI is InChI=1S/C17H18Cl2N2O3/c1-21(10-11-5-4-6-13(18)16(11)19)17(22)20-14-9-12(23-2)7-8-15(14)24-3/h4-9H,10H2,1-3H3,(H,20,22). The summed E-state index contributed by atoms with van der Waals surface area (Å²) in [7, 11) is 4.76. The molecule has 0 aliphatic carbocycles. The maximum absolute atomic E-state index is 12.4. The van der Waals surface area contributed by atoms with Gasteiger partial charge in [0, 0.05) is 19.7 Å². The largest absolute Gasteiger partial charge is 0.497 e. The topological polar surface area (TPSA) is 50.8 Å². The highest BCUT2D eigenvalue weighted by atomic mass is 35.5. The van der Waals surface area contributed by atoms with E-state index in [9.17, 15) is 4.79 Å². The Morgan fingerprint density at radius 1 is 1.17 bits per heavy atom. The van der Waals surface area contributed by atoms with Crippen LogP contribution < -0.4 is 14.8 Å². The number of urea groups is 1. The molecule has 0 spiro atoms. The number of benzene rings is 2. The van der Waals surface area contributed by atoms with Crippen LogP contribution in [0.15, 0.2) is 36.4 Å². The highest BCUT2D eigenvalue weighted by Gasteiger charge is 2.15. The van der Waals surface area contributed by atoms with E-state index in [1.807, 2.05) is 6.07 Å². The van der Waals surface area contributed by atoms with Gasteiger partial charge in [-0.2, -0.15) is 0 Å². The summed E-state index contributed by atoms with van der Waals surface area (Å²) in [5, 5.41) is 3.69. The van der Waals surface area contributed by atoms with Crippen molar-refractivity contribution in [2.24, 2.45) is 0 Å². The zero-order valence-electron chi connectivity index (χ0n) is 13.6. The van der Waals surface area contributed by atoms with Gasteiger partial charge in [-0.25, -0.2) is 4.79 Å². The Labute approximate surface area is 151 Å². The first-order valence-corrected chi connectivity index (χ1v) is 7.89. The quantitative estimate of drug-likeness (QED) is 0.833. The summed E-state index contributed by atoms with van der Waals surface area (Å²) in [5.74, 6) is 1.16. The summed E-state index contributed by atoms with van der Waals surface area (Å²) in [6.07, 6.45) is 0. The second-order valence-electron chi connectivity index (χ2n) is 5.07. The van der Waals surface area contributed by atoms with E-state index in [4.69, 9.17) is 32.7 Å². The molecule has 128 valence electrons. The van der Waals surface area contributed by atoms with Crippen LogP contribution in [0.4, 0.5) is 10.5 Å². The van der Waals surface area contributed by atoms with Crippen molar-refractivity contribution >= 4 is 34.9 Å². The van der Waals surface area contributed by atoms with Gasteiger partial charge in [0.25, 0.3) is 0 Å². The minimum Gasteiger partial charge on any atom is -0.497 e. The SMILES string of the molecule is COc1ccc(OC)c(NC(=O)N(C)Cc2cccc(Cl)c2Cl)c1. The second kappa shape index (κ2) is 8.13. The molecular weight excluding hydrogens is 351 g/mol. The molecule has 2 amide bonds. The summed E-state index contributed by atoms with van der Waals surface area (Å²) in [6, 6.07) is 10.2. The Balaban J connectivity index is 2.13. The molecule has 7 heteroatoms. The number of nitrogens with one attached hydrogen (secondary N) is 1. The zero-order valence-corrected chi connectivity index (χ0v) is 15.1. The van der Waals surface area contributed by atoms with Crippen LogP contribution in [0.2, 0.25) is 10.0 Å². The summed E-state index contributed by atoms with van der Waals surface area (Å²) in [4.78, 5) is 13.9. The molecule has 2 aromatic rings. The molecule has 0 aliphatic heterocycles. The molecule has 2 rings (SSSR count). The summed E-state index contributed by atoms with van der Waals surface area (Å²) >= 11 is 12.2. The number of hydrogen-bond donors (Lipinski definition) is 1. The fourth-order valence-corrected chi connectivity index (χ4v) is 2.50. The van der Waals surface area contributed by atoms with Crippen LogP contribution in [0.3, 0.4) is 0 Å². The Morgan fingerprint density at radius 3 is 2.58 bits per heavy atom. The summed E-state index contributed by atoms with van der Waals surface area (Å²) in [6.45, 7) is 0.317. The number of amides is 2. The van der Waals surface area contributed by atoms with E-state index in [2.05, 4.69) is 5.32 Å². The van der Waals surface area contributed by atoms with Crippen LogP contribution in [0, 0.1) is 0 Å². The van der Waals surface area contributed by atoms with Gasteiger partial charge in [0.1, 0.15) is 11.5 Å². The third-order valence-corrected chi connectivity index (χ3v) is 4.29. The number of hydrogen-bond acceptors (Lipinski definition) is 3. The Morgan fingerprint density at radius 2 is 1.92 bits per heavy atom. The molecule has 0 unspecified atom stereocenters. The Bertz CT molecular complexity index is 738. The van der Waals surface area contributed by atoms with Crippen molar-refractivity contribution in [1.82, 2.24) is 4.90 Å². The smallest absolute Gasteiger partial charge is 0.321 e. The van der Waals surface area contributed by atoms with E-state index in [0.717, 1.165) is 5.56 Å². The van der Waals surface area contributed by atoms with Gasteiger partial charge in [0.05, 0.1) is 30.0 Å². The number of carbonyl (C=O) groups excluding carboxylic acids is 1. The highest BCUT2D eigenvalue weighted by Crippen LogP contribution is 2.30. The van der Waals surface area contributed by atoms with E-state index in [-0.39, 0.29) is 6.03 Å². The van der Waals surface area contributed by atoms with Crippen molar-refractivity contribution in [1.29, 1.82) is 0 Å². The van der Waals surface area contributed by atoms with Crippen molar-refractivity contribution in [2.75, 3.05) is 26.6 Å². The summed E-state index contributed by atoms with van der Waals surface area (Å²) < 4.78 is 10.4. The lowest BCUT2D eigenvalue weighted by atomic mass is 10.2. The van der Waals surface area contributed by atoms with Gasteiger partial charge < -0.3 is 19.7 Å². The summed E-state index contributed by atoms with van der Waals surface area (Å²) in [5.41, 5.74) is 1.28. The number of halogens is 2. The predicted molar refractivity (Wildman–Crippen MR) is 96.5 cm³/mol. The number of methoxy groups -OCH3 is 2. The normalized spacial score (nSPS) is 10.2. The lowest BCUT2D eigenvalue weighted by molar-refractivity contribution is 0.220. The molecule has 0 fully saturated rings. The zero-order chi connectivity index (χ0) is 17.7. The minimum absolute atomic E-state index is 0.308. The maximum atomic E-state index is 12.4. The van der Waals surface area contributed by atoms with Gasteiger partial charge >= 0.3 is 6.03 Å². The van der Waals surface area contributed by atoms with Crippen molar-refractivity contribution in [3.8, 4) is 11.5 Å². The maximum Gasteiger partial charge on any atom is 0.321 e. The van der Waals surface area contributed by atoms with Gasteiger partial charge in [-0.05, 0) is 23.8 Å². The molecule has 0 atom stereocenters. The molecular formula is C17H18Cl2N2O3. The molecule has 0 aromatic heterocycles. The highest BCUT2D eigenvalue weighted by molar-refractivity contribution is 6.42. The Kier molecular flexibility index (Phi) is 6.17. The molecule has 0 saturated heterocycles. The average Bonchev–Trinajstić information content (AvgIpc) is 2.58. The number of ether oxygens (including phenoxy) is 2. The fourth-order valence-electron chi connectivity index (χ4n) is 2.12. The lowest BCUT2D eigenvalue weighted by Gasteiger charge is -2.20. The van der Waals surface area contributed by atoms with Gasteiger partial charge in [0.15, 0.2) is 0 Å². The van der Waals surface area contributed by atoms with Crippen molar-refractivity contribution in [3.63, 3.8) is 0 Å². The van der Waals surface area contributed by atoms with Gasteiger partial charge in [-0.1, -0.05) is 35.3 Å². The lowest BCUT2D eigenvalue weighted by Crippen LogP contribution is -2.31. The predicted octanol–water partition coefficient (Wildman–Crippen LogP) is 4.67. The number of rotatable bonds is 5. The molecule has 0 aliphatic rings. The molecule has 0 radical (unpaired) electrons. The van der Waals surface area contributed by atoms with E-state index in [0.29, 0.717) is 33.8 Å². The van der Waals surface area contributed by atoms with Gasteiger partial charge in [-0.3, -0.25) is 0 Å². The molecule has 24 heavy (non-hydrogen) atoms.